The number of H-pyrrole nitrogens is 1. The average Bonchev–Trinajstić information content (AvgIpc) is 2.42. The Bertz CT molecular complexity index is 584. The molecule has 21 heavy (non-hydrogen) atoms. The molecule has 8 nitrogen and oxygen atoms in total. The molecule has 0 spiro atoms. The minimum atomic E-state index is -1.12. The molecule has 8 heteroatoms. The lowest BCUT2D eigenvalue weighted by Crippen LogP contribution is -2.43. The zero-order valence-corrected chi connectivity index (χ0v) is 12.1. The molecule has 1 unspecified atom stereocenters. The van der Waals surface area contributed by atoms with Crippen molar-refractivity contribution in [1.29, 1.82) is 0 Å². The molecule has 1 aromatic heterocycles. The Labute approximate surface area is 121 Å². The van der Waals surface area contributed by atoms with Crippen LogP contribution in [0.5, 0.6) is 0 Å². The molecule has 1 aliphatic rings. The van der Waals surface area contributed by atoms with Gasteiger partial charge in [-0.3, -0.25) is 14.5 Å². The fraction of sp³-hybridized carbons (Fsp3) is 0.615. The quantitative estimate of drug-likeness (QED) is 0.701. The van der Waals surface area contributed by atoms with Gasteiger partial charge in [0.2, 0.25) is 0 Å². The van der Waals surface area contributed by atoms with Crippen LogP contribution >= 0.6 is 0 Å². The van der Waals surface area contributed by atoms with Gasteiger partial charge in [0.15, 0.2) is 0 Å². The number of carbonyl (C=O) groups is 1. The normalized spacial score (nSPS) is 19.9. The van der Waals surface area contributed by atoms with Gasteiger partial charge in [0, 0.05) is 19.1 Å². The Morgan fingerprint density at radius 1 is 1.62 bits per heavy atom. The standard InChI is InChI=1S/C13H20N4O4/c1-7(2)17-3-4-21-9(6-17)12-15-11(14)8(5-10(18)19)13(20)16-12/h7,9H,3-6H2,1-2H3,(H,18,19)(H3,14,15,16,20). The molecule has 1 atom stereocenters. The molecular weight excluding hydrogens is 276 g/mol. The van der Waals surface area contributed by atoms with E-state index in [0.717, 1.165) is 6.54 Å². The van der Waals surface area contributed by atoms with Crippen molar-refractivity contribution < 1.29 is 14.6 Å². The van der Waals surface area contributed by atoms with E-state index < -0.39 is 17.9 Å². The minimum Gasteiger partial charge on any atom is -0.481 e. The van der Waals surface area contributed by atoms with Crippen molar-refractivity contribution in [2.45, 2.75) is 32.4 Å². The molecule has 0 bridgehead atoms. The molecule has 116 valence electrons. The van der Waals surface area contributed by atoms with Gasteiger partial charge in [-0.1, -0.05) is 0 Å². The molecule has 1 saturated heterocycles. The van der Waals surface area contributed by atoms with Crippen molar-refractivity contribution in [3.05, 3.63) is 21.7 Å². The molecule has 0 aliphatic carbocycles. The van der Waals surface area contributed by atoms with Crippen LogP contribution in [0, 0.1) is 0 Å². The Balaban J connectivity index is 2.25. The summed E-state index contributed by atoms with van der Waals surface area (Å²) in [5, 5.41) is 8.76. The number of anilines is 1. The van der Waals surface area contributed by atoms with Gasteiger partial charge in [-0.15, -0.1) is 0 Å². The molecule has 1 aromatic rings. The minimum absolute atomic E-state index is 0.0252. The number of rotatable bonds is 4. The molecule has 0 saturated carbocycles. The topological polar surface area (TPSA) is 122 Å². The van der Waals surface area contributed by atoms with Gasteiger partial charge < -0.3 is 20.6 Å². The Hall–Kier alpha value is -1.93. The second-order valence-electron chi connectivity index (χ2n) is 5.33. The lowest BCUT2D eigenvalue weighted by Gasteiger charge is -2.34. The van der Waals surface area contributed by atoms with Crippen molar-refractivity contribution >= 4 is 11.8 Å². The van der Waals surface area contributed by atoms with Crippen LogP contribution in [0.25, 0.3) is 0 Å². The first-order chi connectivity index (χ1) is 9.88. The summed E-state index contributed by atoms with van der Waals surface area (Å²) in [4.78, 5) is 31.6. The molecular formula is C13H20N4O4. The highest BCUT2D eigenvalue weighted by atomic mass is 16.5. The number of ether oxygens (including phenoxy) is 1. The van der Waals surface area contributed by atoms with E-state index in [1.54, 1.807) is 0 Å². The van der Waals surface area contributed by atoms with E-state index in [0.29, 0.717) is 25.0 Å². The van der Waals surface area contributed by atoms with Gasteiger partial charge in [-0.25, -0.2) is 4.98 Å². The number of carboxylic acids is 1. The monoisotopic (exact) mass is 296 g/mol. The highest BCUT2D eigenvalue weighted by molar-refractivity contribution is 5.71. The number of aliphatic carboxylic acids is 1. The summed E-state index contributed by atoms with van der Waals surface area (Å²) in [5.41, 5.74) is 5.16. The number of nitrogens with two attached hydrogens (primary N) is 1. The second-order valence-corrected chi connectivity index (χ2v) is 5.33. The number of nitrogen functional groups attached to an aromatic ring is 1. The predicted molar refractivity (Wildman–Crippen MR) is 76.0 cm³/mol. The van der Waals surface area contributed by atoms with Gasteiger partial charge in [0.1, 0.15) is 17.7 Å². The third kappa shape index (κ3) is 3.59. The number of nitrogens with one attached hydrogen (secondary N) is 1. The summed E-state index contributed by atoms with van der Waals surface area (Å²) in [5.74, 6) is -0.833. The SMILES string of the molecule is CC(C)N1CCOC(c2nc(N)c(CC(=O)O)c(=O)[nH]2)C1. The molecule has 0 aromatic carbocycles. The van der Waals surface area contributed by atoms with Gasteiger partial charge in [-0.2, -0.15) is 0 Å². The zero-order valence-electron chi connectivity index (χ0n) is 12.1. The van der Waals surface area contributed by atoms with Gasteiger partial charge in [-0.05, 0) is 13.8 Å². The number of aromatic nitrogens is 2. The lowest BCUT2D eigenvalue weighted by atomic mass is 10.2. The van der Waals surface area contributed by atoms with Gasteiger partial charge in [0.05, 0.1) is 18.6 Å². The van der Waals surface area contributed by atoms with E-state index in [9.17, 15) is 9.59 Å². The van der Waals surface area contributed by atoms with Gasteiger partial charge in [0.25, 0.3) is 5.56 Å². The van der Waals surface area contributed by atoms with Crippen molar-refractivity contribution in [2.75, 3.05) is 25.4 Å². The van der Waals surface area contributed by atoms with Crippen LogP contribution < -0.4 is 11.3 Å². The molecule has 2 rings (SSSR count). The first-order valence-corrected chi connectivity index (χ1v) is 6.84. The number of hydrogen-bond donors (Lipinski definition) is 3. The molecule has 4 N–H and O–H groups in total. The van der Waals surface area contributed by atoms with E-state index in [2.05, 4.69) is 28.7 Å². The van der Waals surface area contributed by atoms with Crippen molar-refractivity contribution in [3.8, 4) is 0 Å². The van der Waals surface area contributed by atoms with Crippen molar-refractivity contribution in [3.63, 3.8) is 0 Å². The number of hydrogen-bond acceptors (Lipinski definition) is 6. The largest absolute Gasteiger partial charge is 0.481 e. The summed E-state index contributed by atoms with van der Waals surface area (Å²) in [6.07, 6.45) is -0.812. The van der Waals surface area contributed by atoms with E-state index in [4.69, 9.17) is 15.6 Å². The Kier molecular flexibility index (Phi) is 4.59. The molecule has 1 fully saturated rings. The first kappa shape index (κ1) is 15.5. The maximum absolute atomic E-state index is 11.9. The van der Waals surface area contributed by atoms with Crippen molar-refractivity contribution in [2.24, 2.45) is 0 Å². The lowest BCUT2D eigenvalue weighted by molar-refractivity contribution is -0.136. The third-order valence-corrected chi connectivity index (χ3v) is 3.53. The fourth-order valence-electron chi connectivity index (χ4n) is 2.31. The maximum Gasteiger partial charge on any atom is 0.308 e. The summed E-state index contributed by atoms with van der Waals surface area (Å²) < 4.78 is 5.63. The second kappa shape index (κ2) is 6.23. The van der Waals surface area contributed by atoms with Crippen LogP contribution in [0.3, 0.4) is 0 Å². The van der Waals surface area contributed by atoms with E-state index in [1.807, 2.05) is 0 Å². The van der Waals surface area contributed by atoms with Crippen LogP contribution in [-0.2, 0) is 16.0 Å². The number of carboxylic acid groups (broad SMARTS) is 1. The van der Waals surface area contributed by atoms with Gasteiger partial charge >= 0.3 is 5.97 Å². The zero-order chi connectivity index (χ0) is 15.6. The third-order valence-electron chi connectivity index (χ3n) is 3.53. The summed E-state index contributed by atoms with van der Waals surface area (Å²) in [6, 6.07) is 0.367. The Morgan fingerprint density at radius 2 is 2.33 bits per heavy atom. The smallest absolute Gasteiger partial charge is 0.308 e. The first-order valence-electron chi connectivity index (χ1n) is 6.84. The van der Waals surface area contributed by atoms with Crippen LogP contribution in [0.1, 0.15) is 31.3 Å². The van der Waals surface area contributed by atoms with Crippen LogP contribution in [0.2, 0.25) is 0 Å². The predicted octanol–water partition coefficient (Wildman–Crippen LogP) is -0.239. The van der Waals surface area contributed by atoms with E-state index in [-0.39, 0.29) is 17.5 Å². The number of aromatic amines is 1. The molecule has 0 amide bonds. The highest BCUT2D eigenvalue weighted by Gasteiger charge is 2.26. The van der Waals surface area contributed by atoms with Crippen LogP contribution in [0.15, 0.2) is 4.79 Å². The highest BCUT2D eigenvalue weighted by Crippen LogP contribution is 2.21. The molecule has 2 heterocycles. The average molecular weight is 296 g/mol. The number of morpholine rings is 1. The molecule has 1 aliphatic heterocycles. The summed E-state index contributed by atoms with van der Waals surface area (Å²) >= 11 is 0. The number of nitrogens with zero attached hydrogens (tertiary/aromatic N) is 2. The summed E-state index contributed by atoms with van der Waals surface area (Å²) in [6.45, 7) is 6.15. The maximum atomic E-state index is 11.9. The molecule has 0 radical (unpaired) electrons. The van der Waals surface area contributed by atoms with Crippen LogP contribution in [0.4, 0.5) is 5.82 Å². The fourth-order valence-corrected chi connectivity index (χ4v) is 2.31. The van der Waals surface area contributed by atoms with Crippen LogP contribution in [-0.4, -0.2) is 51.7 Å². The summed E-state index contributed by atoms with van der Waals surface area (Å²) in [7, 11) is 0. The Morgan fingerprint density at radius 3 is 2.90 bits per heavy atom. The van der Waals surface area contributed by atoms with E-state index >= 15 is 0 Å². The van der Waals surface area contributed by atoms with Crippen molar-refractivity contribution in [1.82, 2.24) is 14.9 Å². The van der Waals surface area contributed by atoms with E-state index in [1.165, 1.54) is 0 Å².